The van der Waals surface area contributed by atoms with Gasteiger partial charge in [0.25, 0.3) is 0 Å². The zero-order valence-corrected chi connectivity index (χ0v) is 28.1. The van der Waals surface area contributed by atoms with E-state index in [2.05, 4.69) is 38.7 Å². The minimum Gasteiger partial charge on any atom is -0.492 e. The van der Waals surface area contributed by atoms with E-state index in [9.17, 15) is 13.2 Å². The smallest absolute Gasteiger partial charge is 0.417 e. The fraction of sp³-hybridized carbons (Fsp3) is 0.457. The molecule has 3 heterocycles. The first-order valence-electron chi connectivity index (χ1n) is 16.5. The van der Waals surface area contributed by atoms with Gasteiger partial charge in [0, 0.05) is 77.0 Å². The summed E-state index contributed by atoms with van der Waals surface area (Å²) in [6, 6.07) is 18.1. The minimum absolute atomic E-state index is 0.0206. The number of nitrogens with one attached hydrogen (secondary N) is 2. The summed E-state index contributed by atoms with van der Waals surface area (Å²) in [5.74, 6) is 2.84. The van der Waals surface area contributed by atoms with E-state index < -0.39 is 11.7 Å². The van der Waals surface area contributed by atoms with Crippen molar-refractivity contribution in [2.45, 2.75) is 50.5 Å². The SMILES string of the molecule is CN(C)c1nc(N[C@H]2CC[C@@H](NCc3ccc(OCCN4CCN(c5ncc(C(F)(F)F)cc5Cl)CC4)cc3)CC2)nc2ccccc12. The summed E-state index contributed by atoms with van der Waals surface area (Å²) in [5.41, 5.74) is 1.33. The minimum atomic E-state index is -4.46. The molecule has 256 valence electrons. The number of pyridine rings is 1. The van der Waals surface area contributed by atoms with Crippen molar-refractivity contribution in [3.8, 4) is 5.75 Å². The van der Waals surface area contributed by atoms with Gasteiger partial charge >= 0.3 is 6.18 Å². The molecule has 0 bridgehead atoms. The summed E-state index contributed by atoms with van der Waals surface area (Å²) < 4.78 is 44.8. The normalized spacial score (nSPS) is 19.0. The number of hydrogen-bond donors (Lipinski definition) is 2. The van der Waals surface area contributed by atoms with E-state index in [1.165, 1.54) is 5.56 Å². The van der Waals surface area contributed by atoms with E-state index in [0.717, 1.165) is 86.6 Å². The van der Waals surface area contributed by atoms with Gasteiger partial charge in [-0.15, -0.1) is 0 Å². The molecule has 2 aromatic carbocycles. The molecule has 1 aliphatic carbocycles. The van der Waals surface area contributed by atoms with Crippen molar-refractivity contribution in [3.05, 3.63) is 76.9 Å². The van der Waals surface area contributed by atoms with Crippen molar-refractivity contribution in [3.63, 3.8) is 0 Å². The predicted molar refractivity (Wildman–Crippen MR) is 185 cm³/mol. The number of aromatic nitrogens is 3. The number of fused-ring (bicyclic) bond motifs is 1. The topological polar surface area (TPSA) is 81.7 Å². The van der Waals surface area contributed by atoms with Gasteiger partial charge in [0.05, 0.1) is 16.1 Å². The summed E-state index contributed by atoms with van der Waals surface area (Å²) >= 11 is 6.13. The maximum atomic E-state index is 12.9. The largest absolute Gasteiger partial charge is 0.492 e. The monoisotopic (exact) mass is 682 g/mol. The van der Waals surface area contributed by atoms with Gasteiger partial charge in [-0.3, -0.25) is 4.90 Å². The Balaban J connectivity index is 0.882. The van der Waals surface area contributed by atoms with Crippen molar-refractivity contribution >= 4 is 40.1 Å². The fourth-order valence-electron chi connectivity index (χ4n) is 6.35. The Labute approximate surface area is 284 Å². The molecule has 4 aromatic rings. The maximum absolute atomic E-state index is 12.9. The molecule has 0 unspecified atom stereocenters. The number of piperazine rings is 1. The van der Waals surface area contributed by atoms with Crippen LogP contribution in [-0.2, 0) is 12.7 Å². The molecule has 1 aliphatic heterocycles. The van der Waals surface area contributed by atoms with E-state index >= 15 is 0 Å². The van der Waals surface area contributed by atoms with Crippen molar-refractivity contribution in [2.24, 2.45) is 0 Å². The fourth-order valence-corrected chi connectivity index (χ4v) is 6.64. The van der Waals surface area contributed by atoms with Gasteiger partial charge in [0.15, 0.2) is 0 Å². The molecular formula is C35H42ClF3N8O. The molecule has 0 amide bonds. The van der Waals surface area contributed by atoms with Gasteiger partial charge in [0.1, 0.15) is 24.0 Å². The van der Waals surface area contributed by atoms with Crippen LogP contribution in [0, 0.1) is 0 Å². The van der Waals surface area contributed by atoms with Gasteiger partial charge in [0.2, 0.25) is 5.95 Å². The van der Waals surface area contributed by atoms with Gasteiger partial charge in [-0.05, 0) is 61.6 Å². The highest BCUT2D eigenvalue weighted by atomic mass is 35.5. The van der Waals surface area contributed by atoms with Crippen LogP contribution in [0.3, 0.4) is 0 Å². The lowest BCUT2D eigenvalue weighted by Crippen LogP contribution is -2.47. The molecular weight excluding hydrogens is 641 g/mol. The van der Waals surface area contributed by atoms with Crippen molar-refractivity contribution in [2.75, 3.05) is 68.5 Å². The van der Waals surface area contributed by atoms with E-state index in [-0.39, 0.29) is 5.02 Å². The number of rotatable bonds is 11. The zero-order valence-electron chi connectivity index (χ0n) is 27.3. The van der Waals surface area contributed by atoms with E-state index in [1.54, 1.807) is 0 Å². The van der Waals surface area contributed by atoms with E-state index in [1.807, 2.05) is 54.2 Å². The summed E-state index contributed by atoms with van der Waals surface area (Å²) in [5, 5.41) is 8.39. The first kappa shape index (κ1) is 34.0. The zero-order chi connectivity index (χ0) is 33.7. The Bertz CT molecular complexity index is 1660. The molecule has 1 saturated carbocycles. The Hall–Kier alpha value is -3.87. The third kappa shape index (κ3) is 8.58. The number of nitrogens with zero attached hydrogens (tertiary/aromatic N) is 6. The van der Waals surface area contributed by atoms with Crippen LogP contribution in [0.25, 0.3) is 10.9 Å². The molecule has 2 N–H and O–H groups in total. The van der Waals surface area contributed by atoms with Crippen LogP contribution in [-0.4, -0.2) is 85.4 Å². The Morgan fingerprint density at radius 3 is 2.33 bits per heavy atom. The number of para-hydroxylation sites is 1. The lowest BCUT2D eigenvalue weighted by Gasteiger charge is -2.35. The van der Waals surface area contributed by atoms with Gasteiger partial charge in [-0.1, -0.05) is 35.9 Å². The molecule has 9 nitrogen and oxygen atoms in total. The van der Waals surface area contributed by atoms with E-state index in [4.69, 9.17) is 26.3 Å². The molecule has 13 heteroatoms. The molecule has 2 aliphatic rings. The first-order chi connectivity index (χ1) is 23.1. The molecule has 48 heavy (non-hydrogen) atoms. The Kier molecular flexibility index (Phi) is 10.7. The molecule has 1 saturated heterocycles. The highest BCUT2D eigenvalue weighted by molar-refractivity contribution is 6.33. The third-order valence-electron chi connectivity index (χ3n) is 9.08. The molecule has 2 aromatic heterocycles. The van der Waals surface area contributed by atoms with Crippen molar-refractivity contribution in [1.82, 2.24) is 25.2 Å². The number of benzene rings is 2. The summed E-state index contributed by atoms with van der Waals surface area (Å²) in [6.45, 7) is 4.88. The summed E-state index contributed by atoms with van der Waals surface area (Å²) in [7, 11) is 4.02. The Morgan fingerprint density at radius 1 is 0.938 bits per heavy atom. The lowest BCUT2D eigenvalue weighted by molar-refractivity contribution is -0.137. The molecule has 2 fully saturated rings. The van der Waals surface area contributed by atoms with Crippen LogP contribution in [0.4, 0.5) is 30.8 Å². The summed E-state index contributed by atoms with van der Waals surface area (Å²) in [4.78, 5) is 19.8. The number of alkyl halides is 3. The quantitative estimate of drug-likeness (QED) is 0.185. The second-order valence-corrected chi connectivity index (χ2v) is 13.1. The van der Waals surface area contributed by atoms with E-state index in [0.29, 0.717) is 43.5 Å². The molecule has 6 rings (SSSR count). The average molecular weight is 683 g/mol. The van der Waals surface area contributed by atoms with Gasteiger partial charge in [-0.25, -0.2) is 9.97 Å². The lowest BCUT2D eigenvalue weighted by atomic mass is 9.91. The first-order valence-corrected chi connectivity index (χ1v) is 16.9. The molecule has 0 radical (unpaired) electrons. The van der Waals surface area contributed by atoms with Crippen molar-refractivity contribution < 1.29 is 17.9 Å². The van der Waals surface area contributed by atoms with Gasteiger partial charge in [-0.2, -0.15) is 18.2 Å². The molecule has 0 atom stereocenters. The Morgan fingerprint density at radius 2 is 1.65 bits per heavy atom. The number of anilines is 3. The average Bonchev–Trinajstić information content (AvgIpc) is 3.08. The van der Waals surface area contributed by atoms with Crippen LogP contribution >= 0.6 is 11.6 Å². The van der Waals surface area contributed by atoms with Crippen molar-refractivity contribution in [1.29, 1.82) is 0 Å². The maximum Gasteiger partial charge on any atom is 0.417 e. The second-order valence-electron chi connectivity index (χ2n) is 12.7. The number of halogens is 4. The standard InChI is InChI=1S/C35H42ClF3N8O/c1-45(2)32-29-5-3-4-6-31(29)43-34(44-32)42-27-11-9-26(10-12-27)40-22-24-7-13-28(14-8-24)48-20-19-46-15-17-47(18-16-46)33-30(36)21-25(23-41-33)35(37,38)39/h3-8,13-14,21,23,26-27,40H,9-12,15-20,22H2,1-2H3,(H,42,43,44)/t26-,27+. The predicted octanol–water partition coefficient (Wildman–Crippen LogP) is 6.48. The van der Waals surface area contributed by atoms with Crippen LogP contribution < -0.4 is 25.2 Å². The molecule has 0 spiro atoms. The van der Waals surface area contributed by atoms with Crippen LogP contribution in [0.5, 0.6) is 5.75 Å². The number of ether oxygens (including phenoxy) is 1. The highest BCUT2D eigenvalue weighted by Crippen LogP contribution is 2.34. The third-order valence-corrected chi connectivity index (χ3v) is 9.36. The van der Waals surface area contributed by atoms with Crippen LogP contribution in [0.1, 0.15) is 36.8 Å². The highest BCUT2D eigenvalue weighted by Gasteiger charge is 2.32. The second kappa shape index (κ2) is 15.1. The van der Waals surface area contributed by atoms with Crippen LogP contribution in [0.2, 0.25) is 5.02 Å². The van der Waals surface area contributed by atoms with Gasteiger partial charge < -0.3 is 25.2 Å². The summed E-state index contributed by atoms with van der Waals surface area (Å²) in [6.07, 6.45) is 0.692. The van der Waals surface area contributed by atoms with Crippen LogP contribution in [0.15, 0.2) is 60.8 Å². The number of hydrogen-bond acceptors (Lipinski definition) is 9.